The van der Waals surface area contributed by atoms with Crippen LogP contribution in [-0.2, 0) is 0 Å². The van der Waals surface area contributed by atoms with Gasteiger partial charge in [0.1, 0.15) is 5.82 Å². The minimum atomic E-state index is -0.256. The summed E-state index contributed by atoms with van der Waals surface area (Å²) < 4.78 is 1.88. The van der Waals surface area contributed by atoms with Crippen LogP contribution in [-0.4, -0.2) is 37.4 Å². The van der Waals surface area contributed by atoms with Crippen molar-refractivity contribution in [2.24, 2.45) is 0 Å². The van der Waals surface area contributed by atoms with Gasteiger partial charge in [-0.2, -0.15) is 0 Å². The molecule has 3 aromatic rings. The SMILES string of the molecule is O=C1c2ccccc2C(=O)N1CSc1nc(C2CC2)n(-c2ccccc2)n1. The van der Waals surface area contributed by atoms with Crippen LogP contribution in [0.2, 0.25) is 0 Å². The zero-order valence-electron chi connectivity index (χ0n) is 14.4. The average molecular weight is 376 g/mol. The van der Waals surface area contributed by atoms with Crippen molar-refractivity contribution >= 4 is 23.6 Å². The first-order chi connectivity index (χ1) is 13.2. The number of rotatable bonds is 5. The van der Waals surface area contributed by atoms with E-state index in [0.29, 0.717) is 22.2 Å². The average Bonchev–Trinajstić information content (AvgIpc) is 3.42. The van der Waals surface area contributed by atoms with Gasteiger partial charge >= 0.3 is 0 Å². The first kappa shape index (κ1) is 16.3. The Morgan fingerprint density at radius 3 is 2.19 bits per heavy atom. The molecule has 1 saturated carbocycles. The zero-order chi connectivity index (χ0) is 18.4. The number of nitrogens with zero attached hydrogens (tertiary/aromatic N) is 4. The molecule has 1 aliphatic heterocycles. The second-order valence-electron chi connectivity index (χ2n) is 6.63. The number of benzene rings is 2. The summed E-state index contributed by atoms with van der Waals surface area (Å²) in [5.41, 5.74) is 1.90. The maximum Gasteiger partial charge on any atom is 0.262 e. The van der Waals surface area contributed by atoms with E-state index in [0.717, 1.165) is 24.4 Å². The maximum atomic E-state index is 12.5. The first-order valence-electron chi connectivity index (χ1n) is 8.83. The lowest BCUT2D eigenvalue weighted by molar-refractivity contribution is 0.0684. The van der Waals surface area contributed by atoms with Crippen molar-refractivity contribution in [1.29, 1.82) is 0 Å². The number of para-hydroxylation sites is 1. The molecule has 0 atom stereocenters. The van der Waals surface area contributed by atoms with Crippen molar-refractivity contribution < 1.29 is 9.59 Å². The molecular weight excluding hydrogens is 360 g/mol. The topological polar surface area (TPSA) is 68.1 Å². The number of carbonyl (C=O) groups is 2. The lowest BCUT2D eigenvalue weighted by Crippen LogP contribution is -2.29. The molecule has 5 rings (SSSR count). The molecule has 0 radical (unpaired) electrons. The molecule has 2 aromatic carbocycles. The van der Waals surface area contributed by atoms with Gasteiger partial charge < -0.3 is 0 Å². The lowest BCUT2D eigenvalue weighted by atomic mass is 10.1. The quantitative estimate of drug-likeness (QED) is 0.504. The maximum absolute atomic E-state index is 12.5. The number of fused-ring (bicyclic) bond motifs is 1. The van der Waals surface area contributed by atoms with Crippen molar-refractivity contribution in [3.8, 4) is 5.69 Å². The molecule has 0 spiro atoms. The van der Waals surface area contributed by atoms with Crippen LogP contribution in [0, 0.1) is 0 Å². The van der Waals surface area contributed by atoms with Gasteiger partial charge in [0.05, 0.1) is 22.7 Å². The Labute approximate surface area is 160 Å². The van der Waals surface area contributed by atoms with Crippen LogP contribution in [0.15, 0.2) is 59.8 Å². The van der Waals surface area contributed by atoms with Crippen LogP contribution >= 0.6 is 11.8 Å². The van der Waals surface area contributed by atoms with E-state index in [1.165, 1.54) is 16.7 Å². The van der Waals surface area contributed by atoms with Crippen molar-refractivity contribution in [3.05, 3.63) is 71.5 Å². The second-order valence-corrected chi connectivity index (χ2v) is 7.54. The number of carbonyl (C=O) groups excluding carboxylic acids is 2. The fourth-order valence-electron chi connectivity index (χ4n) is 3.21. The molecular formula is C20H16N4O2S. The highest BCUT2D eigenvalue weighted by Crippen LogP contribution is 2.40. The Balaban J connectivity index is 1.38. The number of hydrogen-bond acceptors (Lipinski definition) is 5. The molecule has 6 nitrogen and oxygen atoms in total. The number of amides is 2. The molecule has 7 heteroatoms. The van der Waals surface area contributed by atoms with Crippen molar-refractivity contribution in [1.82, 2.24) is 19.7 Å². The van der Waals surface area contributed by atoms with Crippen molar-refractivity contribution in [2.75, 3.05) is 5.88 Å². The van der Waals surface area contributed by atoms with Gasteiger partial charge in [0.15, 0.2) is 0 Å². The van der Waals surface area contributed by atoms with Gasteiger partial charge in [-0.05, 0) is 37.1 Å². The van der Waals surface area contributed by atoms with E-state index in [2.05, 4.69) is 10.1 Å². The van der Waals surface area contributed by atoms with Crippen LogP contribution in [0.3, 0.4) is 0 Å². The third kappa shape index (κ3) is 2.84. The lowest BCUT2D eigenvalue weighted by Gasteiger charge is -2.11. The van der Waals surface area contributed by atoms with Crippen molar-refractivity contribution in [2.45, 2.75) is 23.9 Å². The highest BCUT2D eigenvalue weighted by Gasteiger charge is 2.36. The van der Waals surface area contributed by atoms with Gasteiger partial charge in [0.2, 0.25) is 5.16 Å². The van der Waals surface area contributed by atoms with Gasteiger partial charge in [-0.1, -0.05) is 42.1 Å². The summed E-state index contributed by atoms with van der Waals surface area (Å²) in [6.45, 7) is 0. The van der Waals surface area contributed by atoms with E-state index < -0.39 is 0 Å². The fraction of sp³-hybridized carbons (Fsp3) is 0.200. The van der Waals surface area contributed by atoms with Crippen LogP contribution < -0.4 is 0 Å². The predicted octanol–water partition coefficient (Wildman–Crippen LogP) is 3.49. The standard InChI is InChI=1S/C20H16N4O2S/c25-18-15-8-4-5-9-16(15)19(26)23(18)12-27-20-21-17(13-10-11-13)24(22-20)14-6-2-1-3-7-14/h1-9,13H,10-12H2. The summed E-state index contributed by atoms with van der Waals surface area (Å²) in [6.07, 6.45) is 2.24. The third-order valence-corrected chi connectivity index (χ3v) is 5.58. The van der Waals surface area contributed by atoms with Crippen molar-refractivity contribution in [3.63, 3.8) is 0 Å². The Morgan fingerprint density at radius 1 is 0.926 bits per heavy atom. The van der Waals surface area contributed by atoms with Crippen LogP contribution in [0.1, 0.15) is 45.3 Å². The Kier molecular flexibility index (Phi) is 3.82. The summed E-state index contributed by atoms with van der Waals surface area (Å²) >= 11 is 1.31. The molecule has 2 amide bonds. The van der Waals surface area contributed by atoms with Crippen LogP contribution in [0.4, 0.5) is 0 Å². The number of aromatic nitrogens is 3. The molecule has 0 saturated heterocycles. The summed E-state index contributed by atoms with van der Waals surface area (Å²) in [7, 11) is 0. The third-order valence-electron chi connectivity index (χ3n) is 4.76. The molecule has 1 aromatic heterocycles. The minimum Gasteiger partial charge on any atom is -0.269 e. The molecule has 0 bridgehead atoms. The summed E-state index contributed by atoms with van der Waals surface area (Å²) in [4.78, 5) is 30.9. The summed E-state index contributed by atoms with van der Waals surface area (Å²) in [5.74, 6) is 1.08. The van der Waals surface area contributed by atoms with Gasteiger partial charge in [-0.3, -0.25) is 14.5 Å². The smallest absolute Gasteiger partial charge is 0.262 e. The molecule has 27 heavy (non-hydrogen) atoms. The molecule has 0 N–H and O–H groups in total. The summed E-state index contributed by atoms with van der Waals surface area (Å²) in [6, 6.07) is 16.8. The van der Waals surface area contributed by atoms with E-state index in [1.54, 1.807) is 24.3 Å². The van der Waals surface area contributed by atoms with E-state index >= 15 is 0 Å². The monoisotopic (exact) mass is 376 g/mol. The zero-order valence-corrected chi connectivity index (χ0v) is 15.2. The van der Waals surface area contributed by atoms with E-state index in [-0.39, 0.29) is 17.7 Å². The first-order valence-corrected chi connectivity index (χ1v) is 9.81. The van der Waals surface area contributed by atoms with Crippen LogP contribution in [0.5, 0.6) is 0 Å². The Hall–Kier alpha value is -2.93. The number of thioether (sulfide) groups is 1. The highest BCUT2D eigenvalue weighted by atomic mass is 32.2. The van der Waals surface area contributed by atoms with E-state index in [9.17, 15) is 9.59 Å². The Bertz CT molecular complexity index is 1010. The van der Waals surface area contributed by atoms with E-state index in [1.807, 2.05) is 35.0 Å². The molecule has 134 valence electrons. The van der Waals surface area contributed by atoms with Gasteiger partial charge in [-0.25, -0.2) is 9.67 Å². The predicted molar refractivity (Wildman–Crippen MR) is 101 cm³/mol. The number of hydrogen-bond donors (Lipinski definition) is 0. The minimum absolute atomic E-state index is 0.204. The largest absolute Gasteiger partial charge is 0.269 e. The number of imide groups is 1. The highest BCUT2D eigenvalue weighted by molar-refractivity contribution is 7.99. The normalized spacial score (nSPS) is 16.1. The molecule has 2 aliphatic rings. The molecule has 1 aliphatic carbocycles. The molecule has 1 fully saturated rings. The van der Waals surface area contributed by atoms with Gasteiger partial charge in [0, 0.05) is 5.92 Å². The fourth-order valence-corrected chi connectivity index (χ4v) is 3.99. The van der Waals surface area contributed by atoms with Gasteiger partial charge in [0.25, 0.3) is 11.8 Å². The molecule has 2 heterocycles. The van der Waals surface area contributed by atoms with E-state index in [4.69, 9.17) is 0 Å². The summed E-state index contributed by atoms with van der Waals surface area (Å²) in [5, 5.41) is 5.20. The Morgan fingerprint density at radius 2 is 1.56 bits per heavy atom. The molecule has 0 unspecified atom stereocenters. The van der Waals surface area contributed by atoms with Gasteiger partial charge in [-0.15, -0.1) is 5.10 Å². The van der Waals surface area contributed by atoms with Crippen LogP contribution in [0.25, 0.3) is 5.69 Å². The second kappa shape index (κ2) is 6.35.